The Morgan fingerprint density at radius 2 is 1.48 bits per heavy atom. The number of allylic oxidation sites excluding steroid dienone is 2. The first kappa shape index (κ1) is 101. The normalized spacial score (nSPS) is 26.0. The molecule has 1 aromatic heterocycles. The number of hydrogen-bond acceptors (Lipinski definition) is 27. The highest BCUT2D eigenvalue weighted by Crippen LogP contribution is 2.50. The van der Waals surface area contributed by atoms with Crippen molar-refractivity contribution >= 4 is 143 Å². The van der Waals surface area contributed by atoms with Gasteiger partial charge in [-0.1, -0.05) is 134 Å². The van der Waals surface area contributed by atoms with Crippen LogP contribution in [0.4, 0.5) is 10.5 Å². The number of H-pyrrole nitrogens is 1. The van der Waals surface area contributed by atoms with Gasteiger partial charge in [0.2, 0.25) is 53.2 Å². The lowest BCUT2D eigenvalue weighted by Crippen LogP contribution is -2.64. The molecule has 40 heteroatoms. The summed E-state index contributed by atoms with van der Waals surface area (Å²) in [6, 6.07) is 12.0. The molecule has 127 heavy (non-hydrogen) atoms. The van der Waals surface area contributed by atoms with E-state index in [9.17, 15) is 63.9 Å². The van der Waals surface area contributed by atoms with Crippen LogP contribution in [0.3, 0.4) is 0 Å². The monoisotopic (exact) mass is 1860 g/mol. The summed E-state index contributed by atoms with van der Waals surface area (Å²) in [6.45, 7) is 9.64. The van der Waals surface area contributed by atoms with E-state index in [1.165, 1.54) is 90.8 Å². The number of methoxy groups -OCH3 is 2. The van der Waals surface area contributed by atoms with Crippen molar-refractivity contribution in [3.8, 4) is 11.5 Å². The van der Waals surface area contributed by atoms with Crippen molar-refractivity contribution in [2.75, 3.05) is 69.3 Å². The molecule has 4 bridgehead atoms. The van der Waals surface area contributed by atoms with E-state index in [-0.39, 0.29) is 74.6 Å². The predicted octanol–water partition coefficient (Wildman–Crippen LogP) is 4.54. The van der Waals surface area contributed by atoms with Crippen LogP contribution in [0.25, 0.3) is 10.9 Å². The summed E-state index contributed by atoms with van der Waals surface area (Å²) in [7, 11) is 10.6. The first-order chi connectivity index (χ1) is 60.4. The molecule has 5 aromatic rings. The molecular formula is C87H118ClN13O22S4. The van der Waals surface area contributed by atoms with Crippen molar-refractivity contribution in [3.05, 3.63) is 136 Å². The Morgan fingerprint density at radius 1 is 0.811 bits per heavy atom. The van der Waals surface area contributed by atoms with Gasteiger partial charge in [-0.05, 0) is 152 Å². The summed E-state index contributed by atoms with van der Waals surface area (Å²) < 4.78 is 29.9. The van der Waals surface area contributed by atoms with E-state index in [1.807, 2.05) is 31.2 Å². The molecule has 3 fully saturated rings. The second-order valence-corrected chi connectivity index (χ2v) is 38.2. The minimum Gasteiger partial charge on any atom is -0.508 e. The number of benzene rings is 4. The number of esters is 1. The summed E-state index contributed by atoms with van der Waals surface area (Å²) >= 11 is 6.91. The number of phenolic OH excluding ortho intramolecular Hbond substituents is 1. The second kappa shape index (κ2) is 47.8. The lowest BCUT2D eigenvalue weighted by Gasteiger charge is -2.43. The van der Waals surface area contributed by atoms with Crippen LogP contribution in [0.2, 0.25) is 5.02 Å². The molecule has 5 heterocycles. The summed E-state index contributed by atoms with van der Waals surface area (Å²) in [5, 5.41) is 79.3. The van der Waals surface area contributed by atoms with Crippen LogP contribution in [0.5, 0.6) is 11.5 Å². The van der Waals surface area contributed by atoms with Crippen LogP contribution in [0.15, 0.2) is 109 Å². The van der Waals surface area contributed by atoms with Crippen LogP contribution < -0.4 is 63.2 Å². The first-order valence-corrected chi connectivity index (χ1v) is 47.5. The third-order valence-corrected chi connectivity index (χ3v) is 28.3. The molecule has 0 aliphatic carbocycles. The molecule has 35 nitrogen and oxygen atoms in total. The minimum atomic E-state index is -1.88. The topological polar surface area (TPSA) is 512 Å². The molecule has 18 atom stereocenters. The number of aromatic hydroxyl groups is 1. The number of nitrogens with zero attached hydrogens (tertiary/aromatic N) is 2. The van der Waals surface area contributed by atoms with Crippen LogP contribution >= 0.6 is 54.8 Å². The zero-order valence-corrected chi connectivity index (χ0v) is 76.7. The first-order valence-electron chi connectivity index (χ1n) is 42.1. The van der Waals surface area contributed by atoms with Gasteiger partial charge in [-0.2, -0.15) is 0 Å². The number of phenols is 1. The van der Waals surface area contributed by atoms with Crippen molar-refractivity contribution in [2.45, 2.75) is 227 Å². The standard InChI is InChI=1S/C87H118ClN13O22S4/c1-47-20-18-26-68(120-10)87(118)43-67(121-85(117)99-87)48(2)75-86(6,123-75)69(42-71(106)101(8)65-39-54(36-47)40-66(119-9)72(65)88)122-84(116)49(3)100(7)70(105)31-35-125-124-34-19-33-90-60(37-52-21-12-11-13-22-52)77(108)95-63-45-126-127-46-64(81(112)98-74(51(5)103)83(114)115)96-82(113)73(50(4)102)97-76(107)59(25-16-17-32-89)92-79(110)62(41-55-44-91-58-24-15-14-23-57(55)58)94-78(109)61(93-80(63)111)38-53-27-29-56(104)30-28-53/h11-15,20-24,27-30,39-40,44,48-51,59-64,67-69,73-75,90-91,102-104,118H,16-19,25-26,31-38,41-43,45-46,89H2,1-10H3,(H,92,110)(H,93,111)(H,94,109)(H,95,108)(H,96,113)(H,97,107)(H,98,112)(H,99,117)(H,114,115)/b47-20+/t48-,49+,50-,51-,59+,60-,61+,62-,63+,64+,67+,68-,69+,73+,74+,75+,86+,87+/m1/s1. The van der Waals surface area contributed by atoms with Crippen LogP contribution in [0, 0.1) is 5.92 Å². The number of likely N-dealkylation sites (N-methyl/N-ethyl adjacent to an activating group) is 1. The van der Waals surface area contributed by atoms with E-state index in [2.05, 4.69) is 52.8 Å². The maximum absolute atomic E-state index is 15.3. The average molecular weight is 1860 g/mol. The van der Waals surface area contributed by atoms with Crippen molar-refractivity contribution in [3.63, 3.8) is 0 Å². The number of carbonyl (C=O) groups excluding carboxylic acids is 11. The Bertz CT molecular complexity index is 4690. The van der Waals surface area contributed by atoms with Crippen molar-refractivity contribution in [1.82, 2.24) is 57.7 Å². The zero-order chi connectivity index (χ0) is 92.6. The molecule has 4 aliphatic rings. The summed E-state index contributed by atoms with van der Waals surface area (Å²) in [5.41, 5.74) is 7.15. The molecule has 0 spiro atoms. The van der Waals surface area contributed by atoms with Gasteiger partial charge in [-0.25, -0.2) is 14.4 Å². The number of unbranched alkanes of at least 4 members (excludes halogenated alkanes) is 1. The molecule has 0 unspecified atom stereocenters. The smallest absolute Gasteiger partial charge is 0.409 e. The van der Waals surface area contributed by atoms with E-state index in [0.29, 0.717) is 77.1 Å². The molecule has 3 saturated heterocycles. The fraction of sp³-hybridized carbons (Fsp3) is 0.540. The molecule has 9 rings (SSSR count). The highest BCUT2D eigenvalue weighted by atomic mass is 35.5. The van der Waals surface area contributed by atoms with Crippen LogP contribution in [-0.2, 0) is 97.4 Å². The molecular weight excluding hydrogens is 1740 g/mol. The van der Waals surface area contributed by atoms with Gasteiger partial charge in [0.25, 0.3) is 0 Å². The number of para-hydroxylation sites is 1. The number of aliphatic hydroxyl groups excluding tert-OH is 2. The minimum absolute atomic E-state index is 0.0108. The van der Waals surface area contributed by atoms with Gasteiger partial charge in [-0.3, -0.25) is 48.5 Å². The molecule has 4 aromatic carbocycles. The number of aliphatic hydroxyl groups is 3. The van der Waals surface area contributed by atoms with E-state index in [4.69, 9.17) is 41.0 Å². The third-order valence-electron chi connectivity index (χ3n) is 23.0. The summed E-state index contributed by atoms with van der Waals surface area (Å²) in [6.07, 6.45) is -2.93. The highest BCUT2D eigenvalue weighted by Gasteiger charge is 2.65. The number of rotatable bonds is 31. The predicted molar refractivity (Wildman–Crippen MR) is 483 cm³/mol. The van der Waals surface area contributed by atoms with Gasteiger partial charge >= 0.3 is 18.0 Å². The number of amides is 10. The number of aromatic amines is 1. The number of fused-ring (bicyclic) bond motifs is 6. The number of halogens is 1. The number of carboxylic acids is 1. The lowest BCUT2D eigenvalue weighted by atomic mass is 9.83. The molecule has 694 valence electrons. The fourth-order valence-corrected chi connectivity index (χ4v) is 20.0. The number of aromatic nitrogens is 1. The van der Waals surface area contributed by atoms with Crippen molar-refractivity contribution < 1.29 is 107 Å². The summed E-state index contributed by atoms with van der Waals surface area (Å²) in [4.78, 5) is 178. The molecule has 0 saturated carbocycles. The largest absolute Gasteiger partial charge is 0.508 e. The zero-order valence-electron chi connectivity index (χ0n) is 72.6. The van der Waals surface area contributed by atoms with Crippen molar-refractivity contribution in [2.24, 2.45) is 11.7 Å². The maximum Gasteiger partial charge on any atom is 0.409 e. The van der Waals surface area contributed by atoms with E-state index in [1.54, 1.807) is 75.6 Å². The van der Waals surface area contributed by atoms with Crippen LogP contribution in [-0.4, -0.2) is 273 Å². The molecule has 17 N–H and O–H groups in total. The summed E-state index contributed by atoms with van der Waals surface area (Å²) in [5.74, 6) is -10.2. The SMILES string of the molecule is COc1cc2cc(c1Cl)N(C)C(=O)C[C@H](OC(=O)[C@H](C)N(C)C(=O)CCSSCCCN[C@H](Cc1ccccc1)C(=O)N[C@H]1CSSC[C@@H](C(=O)N[C@H](C(=O)O)[C@@H](C)O)NC(=O)[C@H]([C@@H](C)O)NC(=O)[C@H](CCCCN)NC(=O)[C@@H](Cc3c[nH]c4ccccc34)NC(=O)[C@H](Cc3ccc(O)cc3)NC1=O)[C@]1(C)O[C@H]1[C@H](C)[C@@H]1C[C@@](O)(NC(=O)O1)[C@H](OC)CC/C=C(\C)C2. The Hall–Kier alpha value is -9.39. The number of carboxylic acid groups (broad SMARTS) is 1. The second-order valence-electron chi connectivity index (χ2n) is 32.5. The van der Waals surface area contributed by atoms with Gasteiger partial charge in [0, 0.05) is 92.9 Å². The Balaban J connectivity index is 0.901. The molecule has 10 amide bonds. The number of nitrogens with one attached hydrogen (secondary N) is 10. The Kier molecular flexibility index (Phi) is 38.1. The van der Waals surface area contributed by atoms with E-state index in [0.717, 1.165) is 45.2 Å². The Labute approximate surface area is 758 Å². The van der Waals surface area contributed by atoms with Crippen molar-refractivity contribution in [1.29, 1.82) is 0 Å². The van der Waals surface area contributed by atoms with Crippen LogP contribution in [0.1, 0.15) is 122 Å². The van der Waals surface area contributed by atoms with Gasteiger partial charge in [0.15, 0.2) is 11.8 Å². The molecule has 4 aliphatic heterocycles. The van der Waals surface area contributed by atoms with Gasteiger partial charge in [0.05, 0.1) is 43.6 Å². The quantitative estimate of drug-likeness (QED) is 0.00952. The number of aliphatic carboxylic acids is 1. The number of carbonyl (C=O) groups is 12. The maximum atomic E-state index is 15.3. The number of nitrogens with two attached hydrogens (primary N) is 1. The average Bonchev–Trinajstić information content (AvgIpc) is 1.57. The number of alkyl carbamates (subject to hydrolysis) is 1. The highest BCUT2D eigenvalue weighted by molar-refractivity contribution is 8.77. The number of ether oxygens (including phenoxy) is 5. The third kappa shape index (κ3) is 28.3. The number of hydrogen-bond donors (Lipinski definition) is 16. The fourth-order valence-electron chi connectivity index (χ4n) is 15.3. The van der Waals surface area contributed by atoms with Gasteiger partial charge in [-0.15, -0.1) is 0 Å². The van der Waals surface area contributed by atoms with E-state index >= 15 is 19.2 Å². The van der Waals surface area contributed by atoms with E-state index < -0.39 is 192 Å². The number of anilines is 1. The lowest BCUT2D eigenvalue weighted by molar-refractivity contribution is -0.162. The van der Waals surface area contributed by atoms with Gasteiger partial charge < -0.3 is 112 Å². The van der Waals surface area contributed by atoms with Gasteiger partial charge in [0.1, 0.15) is 82.7 Å². The Morgan fingerprint density at radius 3 is 2.17 bits per heavy atom. The molecule has 0 radical (unpaired) electrons. The number of epoxide rings is 1.